The number of carboxylic acid groups (broad SMARTS) is 1. The minimum Gasteiger partial charge on any atom is -0.491 e. The van der Waals surface area contributed by atoms with E-state index in [9.17, 15) is 18.4 Å². The SMILES string of the molecule is COc1cc(C(=O)O)cn(C(F)F)c1=O. The number of aromatic nitrogens is 1. The second kappa shape index (κ2) is 4.07. The largest absolute Gasteiger partial charge is 0.491 e. The van der Waals surface area contributed by atoms with E-state index < -0.39 is 29.4 Å². The number of carboxylic acids is 1. The maximum absolute atomic E-state index is 12.3. The molecule has 0 atom stereocenters. The van der Waals surface area contributed by atoms with Crippen molar-refractivity contribution in [3.63, 3.8) is 0 Å². The number of nitrogens with zero attached hydrogens (tertiary/aromatic N) is 1. The van der Waals surface area contributed by atoms with Crippen molar-refractivity contribution in [2.45, 2.75) is 6.55 Å². The Bertz CT molecular complexity index is 441. The van der Waals surface area contributed by atoms with Crippen LogP contribution < -0.4 is 10.3 Å². The zero-order valence-electron chi connectivity index (χ0n) is 7.61. The van der Waals surface area contributed by atoms with Crippen LogP contribution in [-0.4, -0.2) is 22.8 Å². The fourth-order valence-corrected chi connectivity index (χ4v) is 0.984. The number of carbonyl (C=O) groups is 1. The molecular formula is C8H7F2NO4. The zero-order chi connectivity index (χ0) is 11.6. The molecule has 0 fully saturated rings. The summed E-state index contributed by atoms with van der Waals surface area (Å²) in [7, 11) is 1.10. The number of ether oxygens (including phenoxy) is 1. The van der Waals surface area contributed by atoms with Crippen molar-refractivity contribution in [2.75, 3.05) is 7.11 Å². The third-order valence-corrected chi connectivity index (χ3v) is 1.69. The smallest absolute Gasteiger partial charge is 0.337 e. The molecule has 0 aliphatic heterocycles. The molecule has 1 heterocycles. The first-order chi connectivity index (χ1) is 6.97. The van der Waals surface area contributed by atoms with Gasteiger partial charge in [-0.05, 0) is 0 Å². The quantitative estimate of drug-likeness (QED) is 0.821. The third kappa shape index (κ3) is 2.12. The molecule has 0 amide bonds. The lowest BCUT2D eigenvalue weighted by Crippen LogP contribution is -2.23. The lowest BCUT2D eigenvalue weighted by molar-refractivity contribution is 0.0626. The molecule has 15 heavy (non-hydrogen) atoms. The van der Waals surface area contributed by atoms with Crippen LogP contribution in [0.4, 0.5) is 8.78 Å². The summed E-state index contributed by atoms with van der Waals surface area (Å²) in [6.07, 6.45) is 0.567. The molecule has 0 radical (unpaired) electrons. The van der Waals surface area contributed by atoms with E-state index in [0.29, 0.717) is 6.20 Å². The molecule has 0 unspecified atom stereocenters. The monoisotopic (exact) mass is 219 g/mol. The van der Waals surface area contributed by atoms with Gasteiger partial charge in [0.05, 0.1) is 12.7 Å². The van der Waals surface area contributed by atoms with Gasteiger partial charge in [0, 0.05) is 12.3 Å². The molecule has 1 aromatic rings. The van der Waals surface area contributed by atoms with Gasteiger partial charge in [-0.3, -0.25) is 9.36 Å². The van der Waals surface area contributed by atoms with E-state index in [1.807, 2.05) is 0 Å². The maximum Gasteiger partial charge on any atom is 0.337 e. The van der Waals surface area contributed by atoms with Crippen LogP contribution in [0.1, 0.15) is 16.9 Å². The van der Waals surface area contributed by atoms with Crippen molar-refractivity contribution in [1.82, 2.24) is 4.57 Å². The van der Waals surface area contributed by atoms with E-state index in [-0.39, 0.29) is 4.57 Å². The first-order valence-corrected chi connectivity index (χ1v) is 3.79. The summed E-state index contributed by atoms with van der Waals surface area (Å²) in [6, 6.07) is 0.892. The fourth-order valence-electron chi connectivity index (χ4n) is 0.984. The Labute approximate surface area is 82.5 Å². The highest BCUT2D eigenvalue weighted by Crippen LogP contribution is 2.13. The number of methoxy groups -OCH3 is 1. The topological polar surface area (TPSA) is 68.5 Å². The number of aromatic carboxylic acids is 1. The zero-order valence-corrected chi connectivity index (χ0v) is 7.61. The Morgan fingerprint density at radius 1 is 1.60 bits per heavy atom. The van der Waals surface area contributed by atoms with Crippen molar-refractivity contribution in [2.24, 2.45) is 0 Å². The van der Waals surface area contributed by atoms with Crippen LogP contribution in [0.5, 0.6) is 5.75 Å². The number of halogens is 2. The highest BCUT2D eigenvalue weighted by Gasteiger charge is 2.16. The number of alkyl halides is 2. The van der Waals surface area contributed by atoms with Crippen molar-refractivity contribution in [3.05, 3.63) is 28.2 Å². The summed E-state index contributed by atoms with van der Waals surface area (Å²) in [5.41, 5.74) is -1.51. The second-order valence-corrected chi connectivity index (χ2v) is 2.59. The molecule has 0 aromatic carbocycles. The second-order valence-electron chi connectivity index (χ2n) is 2.59. The fraction of sp³-hybridized carbons (Fsp3) is 0.250. The standard InChI is InChI=1S/C8H7F2NO4/c1-15-5-2-4(7(13)14)3-11(6(5)12)8(9)10/h2-3,8H,1H3,(H,13,14). The summed E-state index contributed by atoms with van der Waals surface area (Å²) in [5.74, 6) is -1.85. The summed E-state index contributed by atoms with van der Waals surface area (Å²) in [4.78, 5) is 21.7. The predicted octanol–water partition coefficient (Wildman–Crippen LogP) is 0.950. The van der Waals surface area contributed by atoms with Crippen molar-refractivity contribution >= 4 is 5.97 Å². The summed E-state index contributed by atoms with van der Waals surface area (Å²) >= 11 is 0. The van der Waals surface area contributed by atoms with E-state index in [2.05, 4.69) is 4.74 Å². The van der Waals surface area contributed by atoms with Gasteiger partial charge in [-0.25, -0.2) is 4.79 Å². The minimum absolute atomic E-state index is 0.00227. The van der Waals surface area contributed by atoms with Crippen molar-refractivity contribution < 1.29 is 23.4 Å². The first-order valence-electron chi connectivity index (χ1n) is 3.79. The first kappa shape index (κ1) is 11.2. The van der Waals surface area contributed by atoms with E-state index >= 15 is 0 Å². The van der Waals surface area contributed by atoms with Gasteiger partial charge in [-0.1, -0.05) is 0 Å². The summed E-state index contributed by atoms with van der Waals surface area (Å²) < 4.78 is 29.1. The molecule has 0 spiro atoms. The van der Waals surface area contributed by atoms with Gasteiger partial charge >= 0.3 is 12.5 Å². The van der Waals surface area contributed by atoms with Gasteiger partial charge in [-0.2, -0.15) is 8.78 Å². The van der Waals surface area contributed by atoms with Gasteiger partial charge in [-0.15, -0.1) is 0 Å². The Balaban J connectivity index is 3.45. The van der Waals surface area contributed by atoms with Crippen LogP contribution in [0, 0.1) is 0 Å². The average molecular weight is 219 g/mol. The predicted molar refractivity (Wildman–Crippen MR) is 45.5 cm³/mol. The molecule has 7 heteroatoms. The van der Waals surface area contributed by atoms with Crippen LogP contribution in [0.15, 0.2) is 17.1 Å². The van der Waals surface area contributed by atoms with E-state index in [1.54, 1.807) is 0 Å². The summed E-state index contributed by atoms with van der Waals surface area (Å²) in [6.45, 7) is -3.11. The molecule has 82 valence electrons. The lowest BCUT2D eigenvalue weighted by atomic mass is 10.3. The van der Waals surface area contributed by atoms with Crippen LogP contribution in [0.2, 0.25) is 0 Å². The van der Waals surface area contributed by atoms with Gasteiger partial charge in [0.2, 0.25) is 0 Å². The van der Waals surface area contributed by atoms with Crippen LogP contribution >= 0.6 is 0 Å². The lowest BCUT2D eigenvalue weighted by Gasteiger charge is -2.07. The maximum atomic E-state index is 12.3. The Hall–Kier alpha value is -1.92. The third-order valence-electron chi connectivity index (χ3n) is 1.69. The van der Waals surface area contributed by atoms with Crippen LogP contribution in [-0.2, 0) is 0 Å². The van der Waals surface area contributed by atoms with Gasteiger partial charge in [0.1, 0.15) is 0 Å². The molecule has 0 aliphatic rings. The molecule has 0 aliphatic carbocycles. The van der Waals surface area contributed by atoms with E-state index in [0.717, 1.165) is 13.2 Å². The molecular weight excluding hydrogens is 212 g/mol. The molecule has 0 bridgehead atoms. The summed E-state index contributed by atoms with van der Waals surface area (Å²) in [5, 5.41) is 8.59. The number of rotatable bonds is 3. The normalized spacial score (nSPS) is 10.4. The van der Waals surface area contributed by atoms with Gasteiger partial charge < -0.3 is 9.84 Å². The highest BCUT2D eigenvalue weighted by molar-refractivity contribution is 5.87. The molecule has 1 N–H and O–H groups in total. The molecule has 0 saturated carbocycles. The Morgan fingerprint density at radius 2 is 2.20 bits per heavy atom. The molecule has 1 aromatic heterocycles. The molecule has 0 saturated heterocycles. The van der Waals surface area contributed by atoms with E-state index in [1.165, 1.54) is 0 Å². The van der Waals surface area contributed by atoms with E-state index in [4.69, 9.17) is 5.11 Å². The number of hydrogen-bond donors (Lipinski definition) is 1. The highest BCUT2D eigenvalue weighted by atomic mass is 19.3. The Kier molecular flexibility index (Phi) is 3.03. The molecule has 1 rings (SSSR count). The minimum atomic E-state index is -3.11. The van der Waals surface area contributed by atoms with Gasteiger partial charge in [0.25, 0.3) is 5.56 Å². The van der Waals surface area contributed by atoms with Crippen LogP contribution in [0.3, 0.4) is 0 Å². The number of hydrogen-bond acceptors (Lipinski definition) is 3. The average Bonchev–Trinajstić information content (AvgIpc) is 2.17. The van der Waals surface area contributed by atoms with Crippen molar-refractivity contribution in [1.29, 1.82) is 0 Å². The Morgan fingerprint density at radius 3 is 2.60 bits per heavy atom. The molecule has 5 nitrogen and oxygen atoms in total. The number of pyridine rings is 1. The van der Waals surface area contributed by atoms with Crippen molar-refractivity contribution in [3.8, 4) is 5.75 Å². The van der Waals surface area contributed by atoms with Crippen LogP contribution in [0.25, 0.3) is 0 Å². The van der Waals surface area contributed by atoms with Gasteiger partial charge in [0.15, 0.2) is 5.75 Å².